The van der Waals surface area contributed by atoms with Gasteiger partial charge in [-0.15, -0.1) is 0 Å². The maximum Gasteiger partial charge on any atom is 0.309 e. The lowest BCUT2D eigenvalue weighted by molar-refractivity contribution is -0.409. The summed E-state index contributed by atoms with van der Waals surface area (Å²) >= 11 is 0. The number of carboxylic acids is 1. The van der Waals surface area contributed by atoms with Crippen LogP contribution in [0.3, 0.4) is 0 Å². The molecule has 11 heteroatoms. The summed E-state index contributed by atoms with van der Waals surface area (Å²) in [4.78, 5) is 26.2. The maximum atomic E-state index is 14.4. The molecule has 0 aromatic carbocycles. The van der Waals surface area contributed by atoms with Gasteiger partial charge >= 0.3 is 5.97 Å². The van der Waals surface area contributed by atoms with Crippen LogP contribution in [-0.2, 0) is 33.3 Å². The number of ether oxygens (including phenoxy) is 5. The molecule has 5 aliphatic heterocycles. The number of hydrogen-bond donors (Lipinski definition) is 4. The van der Waals surface area contributed by atoms with Crippen molar-refractivity contribution in [3.05, 3.63) is 12.2 Å². The monoisotopic (exact) mass is 736 g/mol. The van der Waals surface area contributed by atoms with Gasteiger partial charge in [-0.2, -0.15) is 0 Å². The molecule has 0 amide bonds. The summed E-state index contributed by atoms with van der Waals surface area (Å²) in [6.45, 7) is 17.5. The summed E-state index contributed by atoms with van der Waals surface area (Å²) in [7, 11) is 0. The van der Waals surface area contributed by atoms with E-state index in [9.17, 15) is 30.0 Å². The zero-order chi connectivity index (χ0) is 38.4. The summed E-state index contributed by atoms with van der Waals surface area (Å²) in [6.07, 6.45) is 6.33. The number of carbonyl (C=O) groups is 2. The summed E-state index contributed by atoms with van der Waals surface area (Å²) in [5.41, 5.74) is -1.63. The van der Waals surface area contributed by atoms with Crippen molar-refractivity contribution in [2.45, 2.75) is 198 Å². The molecule has 0 saturated carbocycles. The Bertz CT molecular complexity index is 1290. The molecule has 0 aliphatic carbocycles. The van der Waals surface area contributed by atoms with E-state index in [1.807, 2.05) is 41.5 Å². The highest BCUT2D eigenvalue weighted by Gasteiger charge is 2.63. The molecule has 298 valence electrons. The molecule has 4 fully saturated rings. The van der Waals surface area contributed by atoms with Crippen molar-refractivity contribution in [1.29, 1.82) is 0 Å². The average molecular weight is 737 g/mol. The summed E-state index contributed by atoms with van der Waals surface area (Å²) in [5, 5.41) is 43.7. The van der Waals surface area contributed by atoms with Crippen molar-refractivity contribution in [2.75, 3.05) is 0 Å². The van der Waals surface area contributed by atoms with Gasteiger partial charge in [0.1, 0.15) is 11.9 Å². The molecule has 2 spiro atoms. The third kappa shape index (κ3) is 7.68. The van der Waals surface area contributed by atoms with E-state index in [0.29, 0.717) is 64.2 Å². The van der Waals surface area contributed by atoms with E-state index < -0.39 is 70.9 Å². The van der Waals surface area contributed by atoms with Gasteiger partial charge in [-0.3, -0.25) is 9.59 Å². The predicted molar refractivity (Wildman–Crippen MR) is 194 cm³/mol. The lowest BCUT2D eigenvalue weighted by Crippen LogP contribution is -2.63. The van der Waals surface area contributed by atoms with E-state index in [4.69, 9.17) is 23.7 Å². The lowest BCUT2D eigenvalue weighted by atomic mass is 9.73. The molecule has 5 heterocycles. The Morgan fingerprint density at radius 1 is 0.923 bits per heavy atom. The van der Waals surface area contributed by atoms with Gasteiger partial charge in [0.05, 0.1) is 53.7 Å². The van der Waals surface area contributed by atoms with Crippen molar-refractivity contribution in [1.82, 2.24) is 0 Å². The summed E-state index contributed by atoms with van der Waals surface area (Å²) in [5.74, 6) is -5.82. The van der Waals surface area contributed by atoms with E-state index in [1.165, 1.54) is 0 Å². The Labute approximate surface area is 311 Å². The zero-order valence-electron chi connectivity index (χ0n) is 33.1. The van der Waals surface area contributed by atoms with Gasteiger partial charge < -0.3 is 44.1 Å². The minimum Gasteiger partial charge on any atom is -0.481 e. The first-order valence-electron chi connectivity index (χ1n) is 20.3. The molecule has 5 rings (SSSR count). The molecule has 4 N–H and O–H groups in total. The smallest absolute Gasteiger partial charge is 0.309 e. The van der Waals surface area contributed by atoms with Crippen molar-refractivity contribution >= 4 is 11.8 Å². The van der Waals surface area contributed by atoms with Crippen molar-refractivity contribution in [3.8, 4) is 0 Å². The quantitative estimate of drug-likeness (QED) is 0.176. The minimum atomic E-state index is -1.37. The first kappa shape index (κ1) is 41.7. The van der Waals surface area contributed by atoms with Crippen LogP contribution in [0.25, 0.3) is 0 Å². The van der Waals surface area contributed by atoms with E-state index in [-0.39, 0.29) is 41.8 Å². The fourth-order valence-electron chi connectivity index (χ4n) is 10.1. The number of aliphatic carboxylic acids is 1. The topological polar surface area (TPSA) is 161 Å². The number of carboxylic acid groups (broad SMARTS) is 1. The Hall–Kier alpha value is -1.44. The standard InChI is InChI=1S/C41H68O11/c1-10-28(37(45)46)31-15-13-14-30(49-31)25(6)34(43)26(7)35(44)29(11-2)36-23(4)22-24(5)40(50-36)19-16-32(42)41(52-40)21-20-38(9,51-41)33-17-18-39(47,12-3)27(8)48-33/h16,19,23-34,36,42-43,47H,10-15,17-18,20-22H2,1-9H3,(H,45,46). The molecule has 0 radical (unpaired) electrons. The number of rotatable bonds is 12. The van der Waals surface area contributed by atoms with Crippen molar-refractivity contribution in [2.24, 2.45) is 35.5 Å². The van der Waals surface area contributed by atoms with Crippen LogP contribution < -0.4 is 0 Å². The zero-order valence-corrected chi connectivity index (χ0v) is 33.1. The van der Waals surface area contributed by atoms with Crippen molar-refractivity contribution in [3.63, 3.8) is 0 Å². The second-order valence-electron chi connectivity index (χ2n) is 17.4. The van der Waals surface area contributed by atoms with Crippen LogP contribution in [0.2, 0.25) is 0 Å². The van der Waals surface area contributed by atoms with Crippen molar-refractivity contribution < 1.29 is 53.7 Å². The van der Waals surface area contributed by atoms with Gasteiger partial charge in [-0.1, -0.05) is 48.5 Å². The molecule has 5 aliphatic rings. The van der Waals surface area contributed by atoms with Crippen LogP contribution in [0.15, 0.2) is 12.2 Å². The number of aliphatic hydroxyl groups is 3. The summed E-state index contributed by atoms with van der Waals surface area (Å²) in [6, 6.07) is 0. The van der Waals surface area contributed by atoms with Crippen LogP contribution in [0.5, 0.6) is 0 Å². The van der Waals surface area contributed by atoms with Gasteiger partial charge in [0.15, 0.2) is 5.79 Å². The van der Waals surface area contributed by atoms with Crippen LogP contribution in [0, 0.1) is 35.5 Å². The highest BCUT2D eigenvalue weighted by atomic mass is 16.8. The van der Waals surface area contributed by atoms with Gasteiger partial charge in [0.2, 0.25) is 5.79 Å². The molecule has 11 nitrogen and oxygen atoms in total. The SMILES string of the molecule is CCC(C(=O)O)C1CCCC(C(C)C(O)C(C)C(=O)C(CC)C2OC3(C=CC(O)C4(CCC(C)(C5CCC(O)(CC)C(C)O5)O4)O3)C(C)CC2C)O1. The number of ketones is 1. The normalized spacial score (nSPS) is 45.4. The lowest BCUT2D eigenvalue weighted by Gasteiger charge is -2.54. The molecule has 17 atom stereocenters. The Morgan fingerprint density at radius 2 is 1.60 bits per heavy atom. The Kier molecular flexibility index (Phi) is 12.8. The highest BCUT2D eigenvalue weighted by Crippen LogP contribution is 2.54. The number of carbonyl (C=O) groups excluding carboxylic acids is 1. The fraction of sp³-hybridized carbons (Fsp3) is 0.902. The highest BCUT2D eigenvalue weighted by molar-refractivity contribution is 5.84. The summed E-state index contributed by atoms with van der Waals surface area (Å²) < 4.78 is 33.3. The second-order valence-corrected chi connectivity index (χ2v) is 17.4. The van der Waals surface area contributed by atoms with Gasteiger partial charge in [-0.05, 0) is 96.1 Å². The third-order valence-corrected chi connectivity index (χ3v) is 14.0. The number of Topliss-reactive ketones (excluding diaryl/α,β-unsaturated/α-hetero) is 1. The molecule has 0 aromatic heterocycles. The van der Waals surface area contributed by atoms with E-state index in [0.717, 1.165) is 6.42 Å². The predicted octanol–water partition coefficient (Wildman–Crippen LogP) is 5.94. The first-order valence-corrected chi connectivity index (χ1v) is 20.3. The largest absolute Gasteiger partial charge is 0.481 e. The van der Waals surface area contributed by atoms with Crippen LogP contribution in [0.4, 0.5) is 0 Å². The first-order chi connectivity index (χ1) is 24.4. The Balaban J connectivity index is 1.30. The fourth-order valence-corrected chi connectivity index (χ4v) is 10.1. The van der Waals surface area contributed by atoms with Gasteiger partial charge in [-0.25, -0.2) is 0 Å². The van der Waals surface area contributed by atoms with E-state index in [2.05, 4.69) is 13.8 Å². The van der Waals surface area contributed by atoms with Crippen LogP contribution >= 0.6 is 0 Å². The number of aliphatic hydroxyl groups excluding tert-OH is 2. The average Bonchev–Trinajstić information content (AvgIpc) is 3.46. The third-order valence-electron chi connectivity index (χ3n) is 14.0. The van der Waals surface area contributed by atoms with Gasteiger partial charge in [0, 0.05) is 30.1 Å². The van der Waals surface area contributed by atoms with E-state index in [1.54, 1.807) is 19.1 Å². The molecule has 4 saturated heterocycles. The molecule has 0 bridgehead atoms. The second kappa shape index (κ2) is 16.0. The van der Waals surface area contributed by atoms with Crippen LogP contribution in [-0.4, -0.2) is 97.7 Å². The Morgan fingerprint density at radius 3 is 2.21 bits per heavy atom. The maximum absolute atomic E-state index is 14.4. The minimum absolute atomic E-state index is 0.0183. The molecule has 52 heavy (non-hydrogen) atoms. The van der Waals surface area contributed by atoms with Crippen LogP contribution in [0.1, 0.15) is 133 Å². The van der Waals surface area contributed by atoms with Gasteiger partial charge in [0.25, 0.3) is 0 Å². The molecular formula is C41H68O11. The van der Waals surface area contributed by atoms with E-state index >= 15 is 0 Å². The molecule has 17 unspecified atom stereocenters. The molecule has 0 aromatic rings. The number of hydrogen-bond acceptors (Lipinski definition) is 10. The molecular weight excluding hydrogens is 668 g/mol.